The zero-order valence-electron chi connectivity index (χ0n) is 20.3. The molecule has 0 saturated heterocycles. The normalized spacial score (nSPS) is 12.7. The quantitative estimate of drug-likeness (QED) is 0.459. The molecule has 0 fully saturated rings. The molecule has 2 rings (SSSR count). The van der Waals surface area contributed by atoms with Gasteiger partial charge in [0.2, 0.25) is 21.8 Å². The Balaban J connectivity index is 2.51. The molecule has 2 aromatic rings. The second-order valence-electron chi connectivity index (χ2n) is 9.17. The van der Waals surface area contributed by atoms with E-state index in [1.54, 1.807) is 31.2 Å². The first-order valence-electron chi connectivity index (χ1n) is 10.9. The van der Waals surface area contributed by atoms with Crippen molar-refractivity contribution in [2.75, 3.05) is 17.1 Å². The minimum absolute atomic E-state index is 0.0163. The molecule has 1 N–H and O–H groups in total. The molecule has 0 aliphatic rings. The van der Waals surface area contributed by atoms with Gasteiger partial charge in [-0.1, -0.05) is 59.9 Å². The molecule has 0 aliphatic carbocycles. The molecule has 7 nitrogen and oxygen atoms in total. The van der Waals surface area contributed by atoms with Crippen LogP contribution in [0.3, 0.4) is 0 Å². The predicted octanol–water partition coefficient (Wildman–Crippen LogP) is 5.13. The molecule has 0 heterocycles. The van der Waals surface area contributed by atoms with Crippen LogP contribution in [0.1, 0.15) is 39.7 Å². The van der Waals surface area contributed by atoms with E-state index < -0.39 is 34.1 Å². The summed E-state index contributed by atoms with van der Waals surface area (Å²) in [5, 5.41) is 3.77. The van der Waals surface area contributed by atoms with Gasteiger partial charge in [-0.3, -0.25) is 13.9 Å². The summed E-state index contributed by atoms with van der Waals surface area (Å²) in [7, 11) is -3.90. The molecule has 2 aromatic carbocycles. The number of nitrogens with zero attached hydrogens (tertiary/aromatic N) is 2. The number of benzene rings is 2. The number of nitrogens with one attached hydrogen (secondary N) is 1. The minimum Gasteiger partial charge on any atom is -0.350 e. The van der Waals surface area contributed by atoms with Crippen molar-refractivity contribution in [3.8, 4) is 0 Å². The van der Waals surface area contributed by atoms with Gasteiger partial charge >= 0.3 is 0 Å². The Labute approximate surface area is 222 Å². The maximum atomic E-state index is 13.7. The summed E-state index contributed by atoms with van der Waals surface area (Å²) in [6, 6.07) is 10.4. The van der Waals surface area contributed by atoms with E-state index in [9.17, 15) is 18.0 Å². The highest BCUT2D eigenvalue weighted by Gasteiger charge is 2.33. The fourth-order valence-electron chi connectivity index (χ4n) is 3.48. The maximum Gasteiger partial charge on any atom is 0.244 e. The van der Waals surface area contributed by atoms with Crippen molar-refractivity contribution < 1.29 is 18.0 Å². The molecule has 0 saturated carbocycles. The monoisotopic (exact) mass is 561 g/mol. The molecular weight excluding hydrogens is 533 g/mol. The number of amides is 2. The highest BCUT2D eigenvalue weighted by molar-refractivity contribution is 7.92. The van der Waals surface area contributed by atoms with Gasteiger partial charge in [-0.05, 0) is 57.0 Å². The Kier molecular flexibility index (Phi) is 9.87. The number of rotatable bonds is 9. The summed E-state index contributed by atoms with van der Waals surface area (Å²) >= 11 is 18.5. The molecule has 2 amide bonds. The van der Waals surface area contributed by atoms with Crippen molar-refractivity contribution >= 4 is 62.3 Å². The number of halogens is 3. The summed E-state index contributed by atoms with van der Waals surface area (Å²) in [5.41, 5.74) is 0.240. The molecule has 192 valence electrons. The second-order valence-corrected chi connectivity index (χ2v) is 12.4. The summed E-state index contributed by atoms with van der Waals surface area (Å²) in [5.74, 6) is -0.931. The Morgan fingerprint density at radius 2 is 1.60 bits per heavy atom. The second kappa shape index (κ2) is 11.8. The Morgan fingerprint density at radius 1 is 1.03 bits per heavy atom. The Morgan fingerprint density at radius 3 is 2.09 bits per heavy atom. The third kappa shape index (κ3) is 8.56. The standard InChI is InChI=1S/C24H30Cl3N3O4S/c1-6-21(23(32)28-24(2,3)4)29(14-16-9-7-8-10-20(16)27)22(31)15-30(35(5,33)34)19-12-17(25)11-18(26)13-19/h7-13,21H,6,14-15H2,1-5H3,(H,28,32)/t21-/m1/s1. The van der Waals surface area contributed by atoms with E-state index in [-0.39, 0.29) is 28.2 Å². The summed E-state index contributed by atoms with van der Waals surface area (Å²) < 4.78 is 26.2. The van der Waals surface area contributed by atoms with E-state index in [4.69, 9.17) is 34.8 Å². The predicted molar refractivity (Wildman–Crippen MR) is 143 cm³/mol. The fraction of sp³-hybridized carbons (Fsp3) is 0.417. The molecule has 0 bridgehead atoms. The van der Waals surface area contributed by atoms with Crippen molar-refractivity contribution in [2.24, 2.45) is 0 Å². The number of hydrogen-bond acceptors (Lipinski definition) is 4. The Hall–Kier alpha value is -2.00. The number of anilines is 1. The van der Waals surface area contributed by atoms with Crippen LogP contribution in [0.25, 0.3) is 0 Å². The van der Waals surface area contributed by atoms with Crippen molar-refractivity contribution in [3.63, 3.8) is 0 Å². The van der Waals surface area contributed by atoms with Crippen LogP contribution in [-0.4, -0.2) is 49.5 Å². The average molecular weight is 563 g/mol. The molecule has 35 heavy (non-hydrogen) atoms. The first-order chi connectivity index (χ1) is 16.1. The van der Waals surface area contributed by atoms with Gasteiger partial charge in [-0.15, -0.1) is 0 Å². The van der Waals surface area contributed by atoms with Crippen molar-refractivity contribution in [1.29, 1.82) is 0 Å². The topological polar surface area (TPSA) is 86.8 Å². The molecule has 0 aromatic heterocycles. The van der Waals surface area contributed by atoms with Gasteiger partial charge in [0, 0.05) is 27.2 Å². The molecule has 0 spiro atoms. The van der Waals surface area contributed by atoms with E-state index in [0.717, 1.165) is 10.6 Å². The van der Waals surface area contributed by atoms with E-state index in [0.29, 0.717) is 17.0 Å². The van der Waals surface area contributed by atoms with Crippen LogP contribution in [0.4, 0.5) is 5.69 Å². The number of hydrogen-bond donors (Lipinski definition) is 1. The molecule has 0 aliphatic heterocycles. The number of carbonyl (C=O) groups is 2. The van der Waals surface area contributed by atoms with Gasteiger partial charge in [0.25, 0.3) is 0 Å². The van der Waals surface area contributed by atoms with E-state index in [2.05, 4.69) is 5.32 Å². The SMILES string of the molecule is CC[C@H](C(=O)NC(C)(C)C)N(Cc1ccccc1Cl)C(=O)CN(c1cc(Cl)cc(Cl)c1)S(C)(=O)=O. The van der Waals surface area contributed by atoms with Gasteiger partial charge in [-0.2, -0.15) is 0 Å². The third-order valence-electron chi connectivity index (χ3n) is 5.00. The molecule has 0 unspecified atom stereocenters. The number of carbonyl (C=O) groups excluding carboxylic acids is 2. The van der Waals surface area contributed by atoms with Crippen molar-refractivity contribution in [1.82, 2.24) is 10.2 Å². The fourth-order valence-corrected chi connectivity index (χ4v) is 5.02. The molecule has 1 atom stereocenters. The van der Waals surface area contributed by atoms with Crippen LogP contribution in [0.5, 0.6) is 0 Å². The summed E-state index contributed by atoms with van der Waals surface area (Å²) in [6.45, 7) is 6.76. The van der Waals surface area contributed by atoms with Crippen LogP contribution < -0.4 is 9.62 Å². The van der Waals surface area contributed by atoms with Crippen LogP contribution in [-0.2, 0) is 26.2 Å². The van der Waals surface area contributed by atoms with E-state index in [1.165, 1.54) is 23.1 Å². The van der Waals surface area contributed by atoms with Gasteiger partial charge in [0.15, 0.2) is 0 Å². The lowest BCUT2D eigenvalue weighted by molar-refractivity contribution is -0.141. The first-order valence-corrected chi connectivity index (χ1v) is 13.9. The lowest BCUT2D eigenvalue weighted by atomic mass is 10.1. The van der Waals surface area contributed by atoms with Crippen LogP contribution >= 0.6 is 34.8 Å². The summed E-state index contributed by atoms with van der Waals surface area (Å²) in [6.07, 6.45) is 1.29. The zero-order valence-corrected chi connectivity index (χ0v) is 23.4. The lowest BCUT2D eigenvalue weighted by Gasteiger charge is -2.34. The van der Waals surface area contributed by atoms with Gasteiger partial charge in [0.1, 0.15) is 12.6 Å². The van der Waals surface area contributed by atoms with Crippen LogP contribution in [0.2, 0.25) is 15.1 Å². The molecule has 0 radical (unpaired) electrons. The lowest BCUT2D eigenvalue weighted by Crippen LogP contribution is -2.55. The van der Waals surface area contributed by atoms with Crippen molar-refractivity contribution in [2.45, 2.75) is 52.2 Å². The Bertz CT molecular complexity index is 1160. The van der Waals surface area contributed by atoms with Crippen LogP contribution in [0.15, 0.2) is 42.5 Å². The van der Waals surface area contributed by atoms with Gasteiger partial charge < -0.3 is 10.2 Å². The van der Waals surface area contributed by atoms with E-state index >= 15 is 0 Å². The molecule has 11 heteroatoms. The largest absolute Gasteiger partial charge is 0.350 e. The minimum atomic E-state index is -3.90. The first kappa shape index (κ1) is 29.2. The zero-order chi connectivity index (χ0) is 26.6. The van der Waals surface area contributed by atoms with Gasteiger partial charge in [-0.25, -0.2) is 8.42 Å². The maximum absolute atomic E-state index is 13.7. The number of sulfonamides is 1. The smallest absolute Gasteiger partial charge is 0.244 e. The molecular formula is C24H30Cl3N3O4S. The highest BCUT2D eigenvalue weighted by Crippen LogP contribution is 2.28. The average Bonchev–Trinajstić information content (AvgIpc) is 2.70. The van der Waals surface area contributed by atoms with E-state index in [1.807, 2.05) is 20.8 Å². The summed E-state index contributed by atoms with van der Waals surface area (Å²) in [4.78, 5) is 28.2. The van der Waals surface area contributed by atoms with Crippen LogP contribution in [0, 0.1) is 0 Å². The van der Waals surface area contributed by atoms with Crippen molar-refractivity contribution in [3.05, 3.63) is 63.1 Å². The highest BCUT2D eigenvalue weighted by atomic mass is 35.5. The van der Waals surface area contributed by atoms with Gasteiger partial charge in [0.05, 0.1) is 11.9 Å². The third-order valence-corrected chi connectivity index (χ3v) is 6.94.